The number of nitrogens with one attached hydrogen (secondary N) is 1. The number of hydrogen-bond acceptors (Lipinski definition) is 7. The van der Waals surface area contributed by atoms with Gasteiger partial charge in [0.1, 0.15) is 19.8 Å². The predicted molar refractivity (Wildman–Crippen MR) is 128 cm³/mol. The fourth-order valence-electron chi connectivity index (χ4n) is 3.14. The van der Waals surface area contributed by atoms with Crippen LogP contribution in [0.5, 0.6) is 23.0 Å². The Hall–Kier alpha value is -3.91. The quantitative estimate of drug-likeness (QED) is 0.352. The molecule has 0 unspecified atom stereocenters. The van der Waals surface area contributed by atoms with Gasteiger partial charge in [-0.05, 0) is 48.0 Å². The molecule has 0 bridgehead atoms. The van der Waals surface area contributed by atoms with Crippen molar-refractivity contribution in [3.8, 4) is 23.0 Å². The molecule has 0 atom stereocenters. The van der Waals surface area contributed by atoms with Crippen molar-refractivity contribution >= 4 is 29.4 Å². The first-order chi connectivity index (χ1) is 16.6. The van der Waals surface area contributed by atoms with Crippen molar-refractivity contribution in [2.75, 3.05) is 32.2 Å². The van der Waals surface area contributed by atoms with Crippen LogP contribution in [0.15, 0.2) is 65.8 Å². The minimum atomic E-state index is -0.350. The summed E-state index contributed by atoms with van der Waals surface area (Å²) in [5.74, 6) is 2.04. The number of amides is 1. The fraction of sp³-hybridized carbons (Fsp3) is 0.200. The van der Waals surface area contributed by atoms with Gasteiger partial charge < -0.3 is 29.1 Å². The molecule has 0 spiro atoms. The summed E-state index contributed by atoms with van der Waals surface area (Å²) >= 11 is 5.91. The van der Waals surface area contributed by atoms with Crippen molar-refractivity contribution < 1.29 is 28.6 Å². The summed E-state index contributed by atoms with van der Waals surface area (Å²) in [4.78, 5) is 17.2. The summed E-state index contributed by atoms with van der Waals surface area (Å²) in [5, 5.41) is 7.26. The van der Waals surface area contributed by atoms with Crippen LogP contribution in [0.1, 0.15) is 11.1 Å². The van der Waals surface area contributed by atoms with E-state index in [0.717, 1.165) is 11.1 Å². The van der Waals surface area contributed by atoms with Crippen molar-refractivity contribution in [2.45, 2.75) is 6.61 Å². The van der Waals surface area contributed by atoms with Gasteiger partial charge in [0.25, 0.3) is 5.91 Å². The van der Waals surface area contributed by atoms with Crippen molar-refractivity contribution in [3.63, 3.8) is 0 Å². The summed E-state index contributed by atoms with van der Waals surface area (Å²) in [6, 6.07) is 18.0. The zero-order chi connectivity index (χ0) is 23.8. The largest absolute Gasteiger partial charge is 0.493 e. The number of oxime groups is 1. The van der Waals surface area contributed by atoms with E-state index < -0.39 is 0 Å². The average molecular weight is 483 g/mol. The van der Waals surface area contributed by atoms with Gasteiger partial charge in [-0.25, -0.2) is 0 Å². The first-order valence-electron chi connectivity index (χ1n) is 10.5. The molecular formula is C25H23ClN2O6. The number of methoxy groups -OCH3 is 1. The van der Waals surface area contributed by atoms with Gasteiger partial charge in [-0.1, -0.05) is 28.9 Å². The molecule has 34 heavy (non-hydrogen) atoms. The highest BCUT2D eigenvalue weighted by Crippen LogP contribution is 2.32. The minimum Gasteiger partial charge on any atom is -0.493 e. The number of nitrogens with zero attached hydrogens (tertiary/aromatic N) is 1. The second-order valence-corrected chi connectivity index (χ2v) is 7.68. The number of carbonyl (C=O) groups is 1. The normalized spacial score (nSPS) is 12.3. The van der Waals surface area contributed by atoms with Gasteiger partial charge in [-0.3, -0.25) is 4.79 Å². The van der Waals surface area contributed by atoms with Crippen LogP contribution in [0.25, 0.3) is 0 Å². The highest BCUT2D eigenvalue weighted by molar-refractivity contribution is 6.30. The molecule has 0 aromatic heterocycles. The first kappa shape index (κ1) is 23.3. The lowest BCUT2D eigenvalue weighted by Gasteiger charge is -2.18. The van der Waals surface area contributed by atoms with E-state index in [2.05, 4.69) is 10.5 Å². The smallest absolute Gasteiger partial charge is 0.265 e. The Labute approximate surface area is 202 Å². The number of carbonyl (C=O) groups excluding carboxylic acids is 1. The topological polar surface area (TPSA) is 87.6 Å². The Kier molecular flexibility index (Phi) is 7.72. The lowest BCUT2D eigenvalue weighted by atomic mass is 10.2. The standard InChI is InChI=1S/C25H23ClN2O6/c1-30-23-12-18(4-8-21(23)33-15-17-2-5-19(26)6-3-17)14-27-34-16-25(29)28-20-7-9-22-24(13-20)32-11-10-31-22/h2-9,12-14H,10-11,15-16H2,1H3,(H,28,29)/b27-14+. The van der Waals surface area contributed by atoms with Gasteiger partial charge in [-0.2, -0.15) is 0 Å². The van der Waals surface area contributed by atoms with E-state index in [1.165, 1.54) is 6.21 Å². The van der Waals surface area contributed by atoms with E-state index in [4.69, 9.17) is 35.4 Å². The number of ether oxygens (including phenoxy) is 4. The second kappa shape index (κ2) is 11.3. The summed E-state index contributed by atoms with van der Waals surface area (Å²) in [5.41, 5.74) is 2.30. The molecule has 0 radical (unpaired) electrons. The van der Waals surface area contributed by atoms with Gasteiger partial charge in [0.2, 0.25) is 0 Å². The summed E-state index contributed by atoms with van der Waals surface area (Å²) < 4.78 is 22.2. The lowest BCUT2D eigenvalue weighted by Crippen LogP contribution is -2.18. The molecule has 3 aromatic carbocycles. The number of benzene rings is 3. The molecule has 9 heteroatoms. The molecule has 1 aliphatic rings. The third kappa shape index (κ3) is 6.32. The maximum absolute atomic E-state index is 12.1. The Morgan fingerprint density at radius 1 is 1.03 bits per heavy atom. The van der Waals surface area contributed by atoms with Crippen LogP contribution in [-0.4, -0.2) is 39.1 Å². The van der Waals surface area contributed by atoms with Gasteiger partial charge >= 0.3 is 0 Å². The molecule has 0 fully saturated rings. The van der Waals surface area contributed by atoms with Crippen LogP contribution < -0.4 is 24.3 Å². The number of rotatable bonds is 9. The molecule has 1 amide bonds. The van der Waals surface area contributed by atoms with Crippen LogP contribution in [0.3, 0.4) is 0 Å². The fourth-order valence-corrected chi connectivity index (χ4v) is 3.26. The zero-order valence-electron chi connectivity index (χ0n) is 18.5. The van der Waals surface area contributed by atoms with Crippen molar-refractivity contribution in [2.24, 2.45) is 5.16 Å². The summed E-state index contributed by atoms with van der Waals surface area (Å²) in [6.45, 7) is 1.12. The Balaban J connectivity index is 1.26. The highest BCUT2D eigenvalue weighted by Gasteiger charge is 2.13. The van der Waals surface area contributed by atoms with E-state index in [9.17, 15) is 4.79 Å². The van der Waals surface area contributed by atoms with E-state index in [1.807, 2.05) is 30.3 Å². The van der Waals surface area contributed by atoms with Gasteiger partial charge in [0, 0.05) is 22.3 Å². The van der Waals surface area contributed by atoms with Crippen molar-refractivity contribution in [1.82, 2.24) is 0 Å². The van der Waals surface area contributed by atoms with E-state index in [-0.39, 0.29) is 12.5 Å². The summed E-state index contributed by atoms with van der Waals surface area (Å²) in [6.07, 6.45) is 1.49. The Morgan fingerprint density at radius 2 is 1.82 bits per heavy atom. The Morgan fingerprint density at radius 3 is 2.62 bits per heavy atom. The van der Waals surface area contributed by atoms with Crippen molar-refractivity contribution in [1.29, 1.82) is 0 Å². The zero-order valence-corrected chi connectivity index (χ0v) is 19.2. The number of hydrogen-bond donors (Lipinski definition) is 1. The monoisotopic (exact) mass is 482 g/mol. The number of halogens is 1. The summed E-state index contributed by atoms with van der Waals surface area (Å²) in [7, 11) is 1.56. The van der Waals surface area contributed by atoms with Crippen LogP contribution >= 0.6 is 11.6 Å². The van der Waals surface area contributed by atoms with Gasteiger partial charge in [0.15, 0.2) is 29.6 Å². The number of anilines is 1. The molecule has 0 saturated carbocycles. The van der Waals surface area contributed by atoms with E-state index in [1.54, 1.807) is 37.4 Å². The van der Waals surface area contributed by atoms with Crippen LogP contribution in [0, 0.1) is 0 Å². The van der Waals surface area contributed by atoms with Crippen molar-refractivity contribution in [3.05, 3.63) is 76.8 Å². The predicted octanol–water partition coefficient (Wildman–Crippen LogP) is 4.69. The maximum atomic E-state index is 12.1. The minimum absolute atomic E-state index is 0.246. The van der Waals surface area contributed by atoms with Crippen LogP contribution in [0.2, 0.25) is 5.02 Å². The molecule has 1 N–H and O–H groups in total. The van der Waals surface area contributed by atoms with Crippen LogP contribution in [0.4, 0.5) is 5.69 Å². The second-order valence-electron chi connectivity index (χ2n) is 7.24. The molecule has 8 nitrogen and oxygen atoms in total. The third-order valence-corrected chi connectivity index (χ3v) is 5.05. The molecule has 176 valence electrons. The average Bonchev–Trinajstić information content (AvgIpc) is 2.86. The lowest BCUT2D eigenvalue weighted by molar-refractivity contribution is -0.120. The molecule has 3 aromatic rings. The highest BCUT2D eigenvalue weighted by atomic mass is 35.5. The molecular weight excluding hydrogens is 460 g/mol. The van der Waals surface area contributed by atoms with E-state index in [0.29, 0.717) is 53.5 Å². The van der Waals surface area contributed by atoms with Gasteiger partial charge in [0.05, 0.1) is 13.3 Å². The SMILES string of the molecule is COc1cc(/C=N/OCC(=O)Nc2ccc3c(c2)OCCO3)ccc1OCc1ccc(Cl)cc1. The van der Waals surface area contributed by atoms with E-state index >= 15 is 0 Å². The Bertz CT molecular complexity index is 1170. The van der Waals surface area contributed by atoms with Crippen LogP contribution in [-0.2, 0) is 16.2 Å². The molecule has 1 heterocycles. The van der Waals surface area contributed by atoms with Gasteiger partial charge in [-0.15, -0.1) is 0 Å². The molecule has 0 saturated heterocycles. The molecule has 4 rings (SSSR count). The number of fused-ring (bicyclic) bond motifs is 1. The maximum Gasteiger partial charge on any atom is 0.265 e. The molecule has 0 aliphatic carbocycles. The third-order valence-electron chi connectivity index (χ3n) is 4.79. The molecule has 1 aliphatic heterocycles. The first-order valence-corrected chi connectivity index (χ1v) is 10.9.